The van der Waals surface area contributed by atoms with Crippen LogP contribution in [0.5, 0.6) is 0 Å². The zero-order valence-corrected chi connectivity index (χ0v) is 10.4. The van der Waals surface area contributed by atoms with Crippen LogP contribution in [0.3, 0.4) is 0 Å². The normalized spacial score (nSPS) is 15.6. The Morgan fingerprint density at radius 2 is 1.87 bits per heavy atom. The Bertz CT molecular complexity index is 226. The Balaban J connectivity index is 4.30. The third-order valence-corrected chi connectivity index (χ3v) is 2.62. The third kappa shape index (κ3) is 5.67. The Labute approximate surface area is 92.6 Å². The van der Waals surface area contributed by atoms with Crippen LogP contribution in [0.15, 0.2) is 17.3 Å². The molecule has 3 nitrogen and oxygen atoms in total. The second kappa shape index (κ2) is 5.40. The van der Waals surface area contributed by atoms with Crippen molar-refractivity contribution in [1.82, 2.24) is 0 Å². The summed E-state index contributed by atoms with van der Waals surface area (Å²) in [5.74, 6) is 0. The summed E-state index contributed by atoms with van der Waals surface area (Å²) in [6.45, 7) is 9.45. The van der Waals surface area contributed by atoms with Crippen molar-refractivity contribution in [3.63, 3.8) is 0 Å². The average Bonchev–Trinajstić information content (AvgIpc) is 2.02. The van der Waals surface area contributed by atoms with Crippen LogP contribution in [0, 0.1) is 10.3 Å². The number of hydrogen-bond acceptors (Lipinski definition) is 3. The van der Waals surface area contributed by atoms with E-state index >= 15 is 0 Å². The van der Waals surface area contributed by atoms with Crippen LogP contribution in [0.2, 0.25) is 0 Å². The van der Waals surface area contributed by atoms with E-state index in [0.29, 0.717) is 6.42 Å². The van der Waals surface area contributed by atoms with Gasteiger partial charge in [-0.05, 0) is 39.0 Å². The van der Waals surface area contributed by atoms with Crippen molar-refractivity contribution in [2.75, 3.05) is 0 Å². The van der Waals surface area contributed by atoms with E-state index in [-0.39, 0.29) is 5.41 Å². The zero-order valence-electron chi connectivity index (χ0n) is 10.4. The minimum absolute atomic E-state index is 0.0585. The number of nitrogens with zero attached hydrogens (tertiary/aromatic N) is 1. The van der Waals surface area contributed by atoms with Crippen molar-refractivity contribution in [2.45, 2.75) is 59.1 Å². The maximum absolute atomic E-state index is 10.6. The van der Waals surface area contributed by atoms with Crippen LogP contribution in [0.25, 0.3) is 0 Å². The molecule has 0 saturated carbocycles. The van der Waals surface area contributed by atoms with Gasteiger partial charge in [-0.1, -0.05) is 31.2 Å². The summed E-state index contributed by atoms with van der Waals surface area (Å²) in [4.78, 5) is 10.6. The van der Waals surface area contributed by atoms with Crippen LogP contribution in [-0.4, -0.2) is 16.7 Å². The smallest absolute Gasteiger partial charge is 0.120 e. The first-order valence-corrected chi connectivity index (χ1v) is 5.41. The highest BCUT2D eigenvalue weighted by Gasteiger charge is 2.29. The molecule has 0 aromatic carbocycles. The van der Waals surface area contributed by atoms with E-state index in [1.807, 2.05) is 13.0 Å². The molecule has 0 amide bonds. The summed E-state index contributed by atoms with van der Waals surface area (Å²) in [5.41, 5.74) is -0.962. The highest BCUT2D eigenvalue weighted by atomic mass is 16.3. The zero-order chi connectivity index (χ0) is 12.1. The highest BCUT2D eigenvalue weighted by Crippen LogP contribution is 2.28. The molecule has 0 aromatic heterocycles. The topological polar surface area (TPSA) is 49.7 Å². The van der Waals surface area contributed by atoms with Gasteiger partial charge in [0.2, 0.25) is 0 Å². The predicted molar refractivity (Wildman–Crippen MR) is 63.7 cm³/mol. The average molecular weight is 213 g/mol. The van der Waals surface area contributed by atoms with Gasteiger partial charge in [-0.15, -0.1) is 0 Å². The summed E-state index contributed by atoms with van der Waals surface area (Å²) in [6.07, 6.45) is 5.58. The first-order valence-electron chi connectivity index (χ1n) is 5.41. The van der Waals surface area contributed by atoms with E-state index in [1.54, 1.807) is 13.8 Å². The van der Waals surface area contributed by atoms with Crippen LogP contribution in [-0.2, 0) is 0 Å². The lowest BCUT2D eigenvalue weighted by atomic mass is 9.83. The van der Waals surface area contributed by atoms with Crippen molar-refractivity contribution in [3.8, 4) is 0 Å². The molecule has 0 aliphatic carbocycles. The van der Waals surface area contributed by atoms with Gasteiger partial charge in [0.1, 0.15) is 6.04 Å². The fourth-order valence-electron chi connectivity index (χ4n) is 1.58. The second-order valence-corrected chi connectivity index (χ2v) is 5.30. The Hall–Kier alpha value is -0.700. The highest BCUT2D eigenvalue weighted by molar-refractivity contribution is 4.94. The Kier molecular flexibility index (Phi) is 5.15. The van der Waals surface area contributed by atoms with Gasteiger partial charge in [0.25, 0.3) is 0 Å². The van der Waals surface area contributed by atoms with E-state index in [4.69, 9.17) is 0 Å². The molecule has 15 heavy (non-hydrogen) atoms. The molecule has 3 heteroatoms. The minimum Gasteiger partial charge on any atom is -0.388 e. The van der Waals surface area contributed by atoms with Crippen molar-refractivity contribution in [3.05, 3.63) is 17.1 Å². The summed E-state index contributed by atoms with van der Waals surface area (Å²) in [6, 6.07) is -0.526. The van der Waals surface area contributed by atoms with E-state index in [2.05, 4.69) is 25.1 Å². The fraction of sp³-hybridized carbons (Fsp3) is 0.833. The first-order chi connectivity index (χ1) is 6.73. The maximum Gasteiger partial charge on any atom is 0.120 e. The van der Waals surface area contributed by atoms with Gasteiger partial charge in [-0.2, -0.15) is 4.91 Å². The lowest BCUT2D eigenvalue weighted by molar-refractivity contribution is 0.0463. The van der Waals surface area contributed by atoms with E-state index in [9.17, 15) is 10.0 Å². The maximum atomic E-state index is 10.6. The molecule has 0 spiro atoms. The number of nitroso groups, excluding NO2 is 1. The molecule has 0 aliphatic heterocycles. The predicted octanol–water partition coefficient (Wildman–Crippen LogP) is 3.27. The fourth-order valence-corrected chi connectivity index (χ4v) is 1.58. The van der Waals surface area contributed by atoms with Crippen LogP contribution in [0.1, 0.15) is 47.5 Å². The number of aliphatic hydroxyl groups is 1. The van der Waals surface area contributed by atoms with Gasteiger partial charge in [-0.25, -0.2) is 0 Å². The molecule has 0 radical (unpaired) electrons. The van der Waals surface area contributed by atoms with E-state index in [1.165, 1.54) is 0 Å². The SMILES string of the molecule is C/C=C\C(C)(C)CCC(N=O)C(C)(C)O. The van der Waals surface area contributed by atoms with Crippen LogP contribution in [0.4, 0.5) is 0 Å². The molecule has 1 unspecified atom stereocenters. The third-order valence-electron chi connectivity index (χ3n) is 2.62. The quantitative estimate of drug-likeness (QED) is 0.543. The number of allylic oxidation sites excluding steroid dienone is 2. The van der Waals surface area contributed by atoms with Crippen LogP contribution >= 0.6 is 0 Å². The number of rotatable bonds is 6. The molecule has 0 saturated heterocycles. The van der Waals surface area contributed by atoms with Gasteiger partial charge in [-0.3, -0.25) is 0 Å². The molecule has 0 fully saturated rings. The minimum atomic E-state index is -1.02. The summed E-state index contributed by atoms with van der Waals surface area (Å²) >= 11 is 0. The monoisotopic (exact) mass is 213 g/mol. The van der Waals surface area contributed by atoms with Gasteiger partial charge >= 0.3 is 0 Å². The molecule has 0 heterocycles. The lowest BCUT2D eigenvalue weighted by Gasteiger charge is -2.27. The van der Waals surface area contributed by atoms with Gasteiger partial charge < -0.3 is 5.11 Å². The van der Waals surface area contributed by atoms with Crippen molar-refractivity contribution < 1.29 is 5.11 Å². The molecule has 0 bridgehead atoms. The molecule has 88 valence electrons. The molecular weight excluding hydrogens is 190 g/mol. The Morgan fingerprint density at radius 1 is 1.33 bits per heavy atom. The lowest BCUT2D eigenvalue weighted by Crippen LogP contribution is -2.35. The van der Waals surface area contributed by atoms with Crippen LogP contribution < -0.4 is 0 Å². The molecule has 0 aromatic rings. The Morgan fingerprint density at radius 3 is 2.20 bits per heavy atom. The second-order valence-electron chi connectivity index (χ2n) is 5.30. The summed E-state index contributed by atoms with van der Waals surface area (Å²) in [5, 5.41) is 12.7. The molecule has 1 N–H and O–H groups in total. The standard InChI is InChI=1S/C12H23NO2/c1-6-8-11(2,3)9-7-10(13-15)12(4,5)14/h6,8,10,14H,7,9H2,1-5H3/b8-6-. The number of hydrogen-bond donors (Lipinski definition) is 1. The molecule has 1 atom stereocenters. The van der Waals surface area contributed by atoms with Crippen molar-refractivity contribution in [2.24, 2.45) is 10.6 Å². The van der Waals surface area contributed by atoms with Crippen molar-refractivity contribution in [1.29, 1.82) is 0 Å². The molecular formula is C12H23NO2. The van der Waals surface area contributed by atoms with Gasteiger partial charge in [0.05, 0.1) is 5.60 Å². The van der Waals surface area contributed by atoms with E-state index in [0.717, 1.165) is 6.42 Å². The van der Waals surface area contributed by atoms with Gasteiger partial charge in [0.15, 0.2) is 0 Å². The molecule has 0 aliphatic rings. The largest absolute Gasteiger partial charge is 0.388 e. The van der Waals surface area contributed by atoms with Gasteiger partial charge in [0, 0.05) is 0 Å². The summed E-state index contributed by atoms with van der Waals surface area (Å²) in [7, 11) is 0. The first kappa shape index (κ1) is 14.3. The molecule has 0 rings (SSSR count). The summed E-state index contributed by atoms with van der Waals surface area (Å²) < 4.78 is 0. The van der Waals surface area contributed by atoms with Crippen molar-refractivity contribution >= 4 is 0 Å². The van der Waals surface area contributed by atoms with E-state index < -0.39 is 11.6 Å².